The summed E-state index contributed by atoms with van der Waals surface area (Å²) in [6.45, 7) is 2.58. The maximum atomic E-state index is 3.52. The molecule has 3 aliphatic rings. The Hall–Kier alpha value is -0.0400. The zero-order valence-electron chi connectivity index (χ0n) is 9.23. The van der Waals surface area contributed by atoms with Crippen LogP contribution in [0.3, 0.4) is 0 Å². The number of rotatable bonds is 0. The quantitative estimate of drug-likeness (QED) is 0.623. The lowest BCUT2D eigenvalue weighted by Gasteiger charge is -2.34. The van der Waals surface area contributed by atoms with Gasteiger partial charge in [-0.2, -0.15) is 0 Å². The molecule has 1 nitrogen and oxygen atoms in total. The van der Waals surface area contributed by atoms with Crippen molar-refractivity contribution in [2.75, 3.05) is 13.1 Å². The zero-order chi connectivity index (χ0) is 9.43. The molecule has 0 radical (unpaired) electrons. The molecule has 1 heteroatoms. The monoisotopic (exact) mass is 193 g/mol. The van der Waals surface area contributed by atoms with E-state index in [0.717, 1.165) is 17.3 Å². The molecule has 2 saturated carbocycles. The molecule has 0 aromatic carbocycles. The van der Waals surface area contributed by atoms with E-state index in [2.05, 4.69) is 5.32 Å². The fraction of sp³-hybridized carbons (Fsp3) is 1.00. The van der Waals surface area contributed by atoms with Crippen LogP contribution in [0.25, 0.3) is 0 Å². The summed E-state index contributed by atoms with van der Waals surface area (Å²) in [5.74, 6) is 2.25. The van der Waals surface area contributed by atoms with E-state index in [9.17, 15) is 0 Å². The average Bonchev–Trinajstić information content (AvgIpc) is 2.56. The lowest BCUT2D eigenvalue weighted by molar-refractivity contribution is 0.198. The first kappa shape index (κ1) is 9.21. The highest BCUT2D eigenvalue weighted by Gasteiger charge is 2.45. The Kier molecular flexibility index (Phi) is 2.31. The fourth-order valence-electron chi connectivity index (χ4n) is 4.38. The van der Waals surface area contributed by atoms with Crippen molar-refractivity contribution < 1.29 is 0 Å². The molecule has 0 aromatic rings. The molecule has 2 unspecified atom stereocenters. The van der Waals surface area contributed by atoms with E-state index >= 15 is 0 Å². The second-order valence-electron chi connectivity index (χ2n) is 5.96. The predicted octanol–water partition coefficient (Wildman–Crippen LogP) is 2.96. The van der Waals surface area contributed by atoms with E-state index in [-0.39, 0.29) is 0 Å². The molecule has 1 heterocycles. The highest BCUT2D eigenvalue weighted by Crippen LogP contribution is 2.55. The molecule has 3 fully saturated rings. The molecular weight excluding hydrogens is 170 g/mol. The van der Waals surface area contributed by atoms with Gasteiger partial charge in [0.25, 0.3) is 0 Å². The summed E-state index contributed by atoms with van der Waals surface area (Å²) in [4.78, 5) is 0. The molecule has 1 saturated heterocycles. The SMILES string of the molecule is C1CCC2CC3(CCNCC3)CC2C1. The lowest BCUT2D eigenvalue weighted by Crippen LogP contribution is -2.35. The van der Waals surface area contributed by atoms with E-state index in [0.29, 0.717) is 0 Å². The third kappa shape index (κ3) is 1.50. The van der Waals surface area contributed by atoms with Gasteiger partial charge in [0.2, 0.25) is 0 Å². The summed E-state index contributed by atoms with van der Waals surface area (Å²) >= 11 is 0. The number of fused-ring (bicyclic) bond motifs is 1. The van der Waals surface area contributed by atoms with Crippen LogP contribution in [-0.4, -0.2) is 13.1 Å². The summed E-state index contributed by atoms with van der Waals surface area (Å²) in [5, 5.41) is 3.52. The number of piperidine rings is 1. The predicted molar refractivity (Wildman–Crippen MR) is 59.2 cm³/mol. The Balaban J connectivity index is 1.71. The van der Waals surface area contributed by atoms with Crippen molar-refractivity contribution in [3.63, 3.8) is 0 Å². The van der Waals surface area contributed by atoms with Crippen LogP contribution in [0.5, 0.6) is 0 Å². The van der Waals surface area contributed by atoms with Crippen molar-refractivity contribution in [3.8, 4) is 0 Å². The van der Waals surface area contributed by atoms with Crippen LogP contribution in [0.4, 0.5) is 0 Å². The normalized spacial score (nSPS) is 41.1. The van der Waals surface area contributed by atoms with E-state index in [1.165, 1.54) is 38.8 Å². The third-order valence-corrected chi connectivity index (χ3v) is 5.12. The van der Waals surface area contributed by atoms with Crippen molar-refractivity contribution in [2.24, 2.45) is 17.3 Å². The first-order chi connectivity index (χ1) is 6.88. The Labute approximate surface area is 87.7 Å². The van der Waals surface area contributed by atoms with Crippen LogP contribution < -0.4 is 5.32 Å². The summed E-state index contributed by atoms with van der Waals surface area (Å²) in [7, 11) is 0. The van der Waals surface area contributed by atoms with Crippen LogP contribution in [0.15, 0.2) is 0 Å². The van der Waals surface area contributed by atoms with Crippen molar-refractivity contribution >= 4 is 0 Å². The minimum Gasteiger partial charge on any atom is -0.317 e. The Morgan fingerprint density at radius 2 is 1.43 bits per heavy atom. The number of hydrogen-bond donors (Lipinski definition) is 1. The van der Waals surface area contributed by atoms with Gasteiger partial charge >= 0.3 is 0 Å². The molecular formula is C13H23N. The Bertz CT molecular complexity index is 189. The highest BCUT2D eigenvalue weighted by atomic mass is 14.9. The van der Waals surface area contributed by atoms with Gasteiger partial charge in [-0.3, -0.25) is 0 Å². The minimum atomic E-state index is 0.797. The Morgan fingerprint density at radius 3 is 2.00 bits per heavy atom. The topological polar surface area (TPSA) is 12.0 Å². The zero-order valence-corrected chi connectivity index (χ0v) is 9.23. The first-order valence-electron chi connectivity index (χ1n) is 6.59. The minimum absolute atomic E-state index is 0.797. The maximum Gasteiger partial charge on any atom is -0.00436 e. The molecule has 80 valence electrons. The molecule has 0 aromatic heterocycles. The molecule has 0 bridgehead atoms. The van der Waals surface area contributed by atoms with Gasteiger partial charge in [0.15, 0.2) is 0 Å². The Morgan fingerprint density at radius 1 is 0.857 bits per heavy atom. The summed E-state index contributed by atoms with van der Waals surface area (Å²) in [6.07, 6.45) is 12.3. The van der Waals surface area contributed by atoms with Crippen LogP contribution in [-0.2, 0) is 0 Å². The average molecular weight is 193 g/mol. The van der Waals surface area contributed by atoms with Gasteiger partial charge in [-0.15, -0.1) is 0 Å². The summed E-state index contributed by atoms with van der Waals surface area (Å²) in [6, 6.07) is 0. The van der Waals surface area contributed by atoms with Gasteiger partial charge in [-0.1, -0.05) is 25.7 Å². The smallest absolute Gasteiger partial charge is 0.00436 e. The third-order valence-electron chi connectivity index (χ3n) is 5.12. The second-order valence-corrected chi connectivity index (χ2v) is 5.96. The van der Waals surface area contributed by atoms with Gasteiger partial charge in [0.1, 0.15) is 0 Å². The number of hydrogen-bond acceptors (Lipinski definition) is 1. The van der Waals surface area contributed by atoms with Crippen molar-refractivity contribution in [2.45, 2.75) is 51.4 Å². The van der Waals surface area contributed by atoms with E-state index < -0.39 is 0 Å². The molecule has 14 heavy (non-hydrogen) atoms. The maximum absolute atomic E-state index is 3.52. The largest absolute Gasteiger partial charge is 0.317 e. The molecule has 0 amide bonds. The lowest BCUT2D eigenvalue weighted by atomic mass is 9.76. The summed E-state index contributed by atoms with van der Waals surface area (Å²) < 4.78 is 0. The molecule has 2 aliphatic carbocycles. The molecule has 2 atom stereocenters. The van der Waals surface area contributed by atoms with Crippen LogP contribution in [0.2, 0.25) is 0 Å². The molecule has 3 rings (SSSR count). The van der Waals surface area contributed by atoms with Crippen molar-refractivity contribution in [1.82, 2.24) is 5.32 Å². The molecule has 1 spiro atoms. The van der Waals surface area contributed by atoms with E-state index in [1.54, 1.807) is 25.7 Å². The number of nitrogens with one attached hydrogen (secondary N) is 1. The van der Waals surface area contributed by atoms with Gasteiger partial charge in [0.05, 0.1) is 0 Å². The molecule has 1 aliphatic heterocycles. The fourth-order valence-corrected chi connectivity index (χ4v) is 4.38. The summed E-state index contributed by atoms with van der Waals surface area (Å²) in [5.41, 5.74) is 0.797. The standard InChI is InChI=1S/C13H23N/c1-2-4-12-10-13(9-11(12)3-1)5-7-14-8-6-13/h11-12,14H,1-10H2. The van der Waals surface area contributed by atoms with Gasteiger partial charge in [0, 0.05) is 0 Å². The van der Waals surface area contributed by atoms with Crippen LogP contribution in [0, 0.1) is 17.3 Å². The van der Waals surface area contributed by atoms with Crippen molar-refractivity contribution in [3.05, 3.63) is 0 Å². The van der Waals surface area contributed by atoms with Crippen LogP contribution >= 0.6 is 0 Å². The van der Waals surface area contributed by atoms with Crippen LogP contribution in [0.1, 0.15) is 51.4 Å². The van der Waals surface area contributed by atoms with E-state index in [4.69, 9.17) is 0 Å². The van der Waals surface area contributed by atoms with Gasteiger partial charge < -0.3 is 5.32 Å². The van der Waals surface area contributed by atoms with E-state index in [1.807, 2.05) is 0 Å². The van der Waals surface area contributed by atoms with Crippen molar-refractivity contribution in [1.29, 1.82) is 0 Å². The van der Waals surface area contributed by atoms with Gasteiger partial charge in [-0.25, -0.2) is 0 Å². The first-order valence-corrected chi connectivity index (χ1v) is 6.59. The highest BCUT2D eigenvalue weighted by molar-refractivity contribution is 4.97. The van der Waals surface area contributed by atoms with Gasteiger partial charge in [-0.05, 0) is 56.0 Å². The molecule has 1 N–H and O–H groups in total. The second kappa shape index (κ2) is 3.52.